The summed E-state index contributed by atoms with van der Waals surface area (Å²) in [6, 6.07) is 1.36. The molecule has 1 aromatic rings. The summed E-state index contributed by atoms with van der Waals surface area (Å²) in [5.41, 5.74) is -0.670. The first-order valence-electron chi connectivity index (χ1n) is 6.14. The number of carbonyl (C=O) groups excluding carboxylic acids is 1. The van der Waals surface area contributed by atoms with Crippen LogP contribution < -0.4 is 5.32 Å². The Morgan fingerprint density at radius 2 is 2.19 bits per heavy atom. The first-order chi connectivity index (χ1) is 9.90. The number of carbonyl (C=O) groups is 2. The monoisotopic (exact) mass is 297 g/mol. The molecule has 0 bridgehead atoms. The summed E-state index contributed by atoms with van der Waals surface area (Å²) < 4.78 is 13.4. The fourth-order valence-electron chi connectivity index (χ4n) is 2.19. The van der Waals surface area contributed by atoms with E-state index in [-0.39, 0.29) is 12.2 Å². The number of nitro benzene ring substituents is 1. The van der Waals surface area contributed by atoms with E-state index in [1.165, 1.54) is 6.07 Å². The largest absolute Gasteiger partial charge is 0.480 e. The highest BCUT2D eigenvalue weighted by molar-refractivity contribution is 5.92. The second kappa shape index (κ2) is 5.73. The zero-order valence-electron chi connectivity index (χ0n) is 10.8. The molecular weight excluding hydrogens is 285 g/mol. The fourth-order valence-corrected chi connectivity index (χ4v) is 2.19. The molecule has 1 saturated heterocycles. The van der Waals surface area contributed by atoms with Gasteiger partial charge < -0.3 is 15.3 Å². The van der Waals surface area contributed by atoms with Gasteiger partial charge in [-0.3, -0.25) is 10.1 Å². The summed E-state index contributed by atoms with van der Waals surface area (Å²) in [5, 5.41) is 21.8. The van der Waals surface area contributed by atoms with Crippen molar-refractivity contribution in [3.05, 3.63) is 34.1 Å². The normalized spacial score (nSPS) is 17.6. The van der Waals surface area contributed by atoms with Crippen LogP contribution in [-0.2, 0) is 4.79 Å². The Balaban J connectivity index is 2.11. The molecule has 0 radical (unpaired) electrons. The van der Waals surface area contributed by atoms with Gasteiger partial charge in [0.05, 0.1) is 4.92 Å². The lowest BCUT2D eigenvalue weighted by molar-refractivity contribution is -0.387. The van der Waals surface area contributed by atoms with Gasteiger partial charge in [-0.2, -0.15) is 4.39 Å². The van der Waals surface area contributed by atoms with Gasteiger partial charge in [-0.1, -0.05) is 0 Å². The molecule has 0 spiro atoms. The van der Waals surface area contributed by atoms with Gasteiger partial charge >= 0.3 is 17.7 Å². The number of hydrogen-bond donors (Lipinski definition) is 2. The molecule has 2 N–H and O–H groups in total. The number of carboxylic acid groups (broad SMARTS) is 1. The molecule has 0 aromatic heterocycles. The summed E-state index contributed by atoms with van der Waals surface area (Å²) in [6.07, 6.45) is 0.927. The van der Waals surface area contributed by atoms with Gasteiger partial charge in [0.1, 0.15) is 6.04 Å². The van der Waals surface area contributed by atoms with Gasteiger partial charge in [0.2, 0.25) is 5.82 Å². The van der Waals surface area contributed by atoms with Crippen LogP contribution in [0.5, 0.6) is 0 Å². The number of nitro groups is 1. The molecule has 1 heterocycles. The molecule has 1 atom stereocenters. The summed E-state index contributed by atoms with van der Waals surface area (Å²) in [7, 11) is 0. The average Bonchev–Trinajstić information content (AvgIpc) is 2.87. The molecule has 112 valence electrons. The number of carboxylic acids is 1. The van der Waals surface area contributed by atoms with Gasteiger partial charge in [0, 0.05) is 24.4 Å². The SMILES string of the molecule is O=C(O)[C@H]1CCCN1C(=O)Nc1ccc([N+](=O)[O-])c(F)c1. The number of hydrogen-bond acceptors (Lipinski definition) is 4. The Morgan fingerprint density at radius 3 is 2.76 bits per heavy atom. The molecule has 1 fully saturated rings. The molecule has 0 aliphatic carbocycles. The Labute approximate surface area is 118 Å². The molecule has 0 unspecified atom stereocenters. The van der Waals surface area contributed by atoms with E-state index < -0.39 is 34.5 Å². The second-order valence-electron chi connectivity index (χ2n) is 4.54. The summed E-state index contributed by atoms with van der Waals surface area (Å²) >= 11 is 0. The highest BCUT2D eigenvalue weighted by Gasteiger charge is 2.34. The Hall–Kier alpha value is -2.71. The minimum absolute atomic E-state index is 0.0270. The van der Waals surface area contributed by atoms with Crippen molar-refractivity contribution in [1.29, 1.82) is 0 Å². The van der Waals surface area contributed by atoms with E-state index in [4.69, 9.17) is 5.11 Å². The number of likely N-dealkylation sites (tertiary alicyclic amines) is 1. The number of aliphatic carboxylic acids is 1. The molecule has 21 heavy (non-hydrogen) atoms. The van der Waals surface area contributed by atoms with Crippen LogP contribution >= 0.6 is 0 Å². The predicted octanol–water partition coefficient (Wildman–Crippen LogP) is 1.81. The first-order valence-corrected chi connectivity index (χ1v) is 6.14. The number of amides is 2. The minimum atomic E-state index is -1.10. The Morgan fingerprint density at radius 1 is 1.48 bits per heavy atom. The van der Waals surface area contributed by atoms with Crippen molar-refractivity contribution < 1.29 is 24.0 Å². The lowest BCUT2D eigenvalue weighted by atomic mass is 10.2. The van der Waals surface area contributed by atoms with Crippen molar-refractivity contribution in [2.45, 2.75) is 18.9 Å². The molecule has 0 saturated carbocycles. The third-order valence-electron chi connectivity index (χ3n) is 3.19. The summed E-state index contributed by atoms with van der Waals surface area (Å²) in [4.78, 5) is 33.7. The first kappa shape index (κ1) is 14.7. The van der Waals surface area contributed by atoms with Crippen LogP contribution in [0, 0.1) is 15.9 Å². The number of rotatable bonds is 3. The quantitative estimate of drug-likeness (QED) is 0.652. The van der Waals surface area contributed by atoms with Crippen LogP contribution in [0.25, 0.3) is 0 Å². The summed E-state index contributed by atoms with van der Waals surface area (Å²) in [5.74, 6) is -2.17. The van der Waals surface area contributed by atoms with Crippen molar-refractivity contribution >= 4 is 23.4 Å². The van der Waals surface area contributed by atoms with Gasteiger partial charge in [-0.05, 0) is 18.9 Å². The number of anilines is 1. The zero-order valence-corrected chi connectivity index (χ0v) is 10.8. The van der Waals surface area contributed by atoms with Crippen molar-refractivity contribution in [3.63, 3.8) is 0 Å². The van der Waals surface area contributed by atoms with Crippen LogP contribution in [0.3, 0.4) is 0 Å². The molecule has 2 rings (SSSR count). The Kier molecular flexibility index (Phi) is 4.01. The van der Waals surface area contributed by atoms with Gasteiger partial charge in [0.15, 0.2) is 0 Å². The third kappa shape index (κ3) is 3.07. The molecular formula is C12H12FN3O5. The molecule has 1 aliphatic heterocycles. The summed E-state index contributed by atoms with van der Waals surface area (Å²) in [6.45, 7) is 0.290. The van der Waals surface area contributed by atoms with Crippen LogP contribution in [-0.4, -0.2) is 39.5 Å². The average molecular weight is 297 g/mol. The standard InChI is InChI=1S/C12H12FN3O5/c13-8-6-7(3-4-9(8)16(20)21)14-12(19)15-5-1-2-10(15)11(17)18/h3-4,6,10H,1-2,5H2,(H,14,19)(H,17,18)/t10-/m1/s1. The topological polar surface area (TPSA) is 113 Å². The van der Waals surface area contributed by atoms with Gasteiger partial charge in [-0.25, -0.2) is 9.59 Å². The van der Waals surface area contributed by atoms with Crippen LogP contribution in [0.4, 0.5) is 20.6 Å². The van der Waals surface area contributed by atoms with Gasteiger partial charge in [0.25, 0.3) is 0 Å². The van der Waals surface area contributed by atoms with Crippen molar-refractivity contribution in [2.75, 3.05) is 11.9 Å². The number of halogens is 1. The Bertz CT molecular complexity index is 607. The maximum Gasteiger partial charge on any atom is 0.326 e. The molecule has 1 aliphatic rings. The zero-order chi connectivity index (χ0) is 15.6. The number of nitrogens with one attached hydrogen (secondary N) is 1. The van der Waals surface area contributed by atoms with Crippen LogP contribution in [0.2, 0.25) is 0 Å². The molecule has 2 amide bonds. The van der Waals surface area contributed by atoms with E-state index in [2.05, 4.69) is 5.32 Å². The third-order valence-corrected chi connectivity index (χ3v) is 3.19. The number of nitrogens with zero attached hydrogens (tertiary/aromatic N) is 2. The molecule has 9 heteroatoms. The van der Waals surface area contributed by atoms with Crippen LogP contribution in [0.15, 0.2) is 18.2 Å². The minimum Gasteiger partial charge on any atom is -0.480 e. The van der Waals surface area contributed by atoms with E-state index in [0.29, 0.717) is 12.8 Å². The van der Waals surface area contributed by atoms with Crippen molar-refractivity contribution in [3.8, 4) is 0 Å². The predicted molar refractivity (Wildman–Crippen MR) is 69.4 cm³/mol. The van der Waals surface area contributed by atoms with E-state index in [9.17, 15) is 24.1 Å². The van der Waals surface area contributed by atoms with E-state index >= 15 is 0 Å². The number of urea groups is 1. The maximum atomic E-state index is 13.4. The molecule has 8 nitrogen and oxygen atoms in total. The van der Waals surface area contributed by atoms with E-state index in [1.807, 2.05) is 0 Å². The lowest BCUT2D eigenvalue weighted by Gasteiger charge is -2.21. The highest BCUT2D eigenvalue weighted by atomic mass is 19.1. The molecule has 1 aromatic carbocycles. The second-order valence-corrected chi connectivity index (χ2v) is 4.54. The highest BCUT2D eigenvalue weighted by Crippen LogP contribution is 2.23. The maximum absolute atomic E-state index is 13.4. The fraction of sp³-hybridized carbons (Fsp3) is 0.333. The van der Waals surface area contributed by atoms with Gasteiger partial charge in [-0.15, -0.1) is 0 Å². The van der Waals surface area contributed by atoms with Crippen molar-refractivity contribution in [1.82, 2.24) is 4.90 Å². The number of benzene rings is 1. The van der Waals surface area contributed by atoms with Crippen LogP contribution in [0.1, 0.15) is 12.8 Å². The smallest absolute Gasteiger partial charge is 0.326 e. The lowest BCUT2D eigenvalue weighted by Crippen LogP contribution is -2.42. The van der Waals surface area contributed by atoms with E-state index in [0.717, 1.165) is 17.0 Å². The van der Waals surface area contributed by atoms with Crippen molar-refractivity contribution in [2.24, 2.45) is 0 Å². The van der Waals surface area contributed by atoms with E-state index in [1.54, 1.807) is 0 Å².